The van der Waals surface area contributed by atoms with Gasteiger partial charge >= 0.3 is 0 Å². The summed E-state index contributed by atoms with van der Waals surface area (Å²) in [5.74, 6) is 0.577. The van der Waals surface area contributed by atoms with E-state index >= 15 is 0 Å². The number of benzene rings is 2. The summed E-state index contributed by atoms with van der Waals surface area (Å²) in [5.41, 5.74) is 1.34. The van der Waals surface area contributed by atoms with Gasteiger partial charge in [0.2, 0.25) is 5.91 Å². The molecule has 0 spiro atoms. The molecule has 6 heteroatoms. The lowest BCUT2D eigenvalue weighted by atomic mass is 10.2. The van der Waals surface area contributed by atoms with Gasteiger partial charge in [0.15, 0.2) is 0 Å². The Bertz CT molecular complexity index is 937. The molecule has 3 aromatic rings. The van der Waals surface area contributed by atoms with Gasteiger partial charge in [-0.15, -0.1) is 0 Å². The van der Waals surface area contributed by atoms with Crippen LogP contribution in [0.5, 0.6) is 0 Å². The van der Waals surface area contributed by atoms with Crippen molar-refractivity contribution in [1.82, 2.24) is 14.9 Å². The lowest BCUT2D eigenvalue weighted by Gasteiger charge is -2.19. The summed E-state index contributed by atoms with van der Waals surface area (Å²) in [5, 5.41) is 3.46. The molecule has 1 aromatic heterocycles. The Kier molecular flexibility index (Phi) is 5.76. The van der Waals surface area contributed by atoms with E-state index in [9.17, 15) is 9.59 Å². The molecule has 3 rings (SSSR count). The first kappa shape index (κ1) is 17.8. The average Bonchev–Trinajstić information content (AvgIpc) is 2.66. The van der Waals surface area contributed by atoms with Crippen LogP contribution >= 0.6 is 0 Å². The number of rotatable bonds is 7. The fourth-order valence-electron chi connectivity index (χ4n) is 2.78. The molecule has 2 aromatic carbocycles. The molecule has 0 saturated heterocycles. The third-order valence-electron chi connectivity index (χ3n) is 4.20. The topological polar surface area (TPSA) is 78.1 Å². The molecule has 0 atom stereocenters. The number of fused-ring (bicyclic) bond motifs is 1. The van der Waals surface area contributed by atoms with Gasteiger partial charge in [0.25, 0.3) is 5.56 Å². The second-order valence-corrected chi connectivity index (χ2v) is 6.06. The highest BCUT2D eigenvalue weighted by Crippen LogP contribution is 2.08. The van der Waals surface area contributed by atoms with Gasteiger partial charge in [-0.1, -0.05) is 37.3 Å². The first-order chi connectivity index (χ1) is 12.7. The van der Waals surface area contributed by atoms with Crippen molar-refractivity contribution in [2.24, 2.45) is 0 Å². The smallest absolute Gasteiger partial charge is 0.258 e. The predicted molar refractivity (Wildman–Crippen MR) is 103 cm³/mol. The van der Waals surface area contributed by atoms with Gasteiger partial charge in [-0.3, -0.25) is 14.5 Å². The van der Waals surface area contributed by atoms with Gasteiger partial charge in [-0.2, -0.15) is 0 Å². The standard InChI is InChI=1S/C20H22N4O2/c1-2-24(13-12-19(25)21-15-8-4-3-5-9-15)14-18-22-17-11-7-6-10-16(17)20(26)23-18/h3-11H,2,12-14H2,1H3,(H,21,25)(H,22,23,26). The van der Waals surface area contributed by atoms with Crippen LogP contribution < -0.4 is 10.9 Å². The van der Waals surface area contributed by atoms with Crippen LogP contribution in [0.2, 0.25) is 0 Å². The van der Waals surface area contributed by atoms with Crippen LogP contribution in [0, 0.1) is 0 Å². The Morgan fingerprint density at radius 1 is 1.12 bits per heavy atom. The van der Waals surface area contributed by atoms with E-state index in [0.29, 0.717) is 36.2 Å². The maximum Gasteiger partial charge on any atom is 0.258 e. The first-order valence-corrected chi connectivity index (χ1v) is 8.71. The molecule has 6 nitrogen and oxygen atoms in total. The monoisotopic (exact) mass is 350 g/mol. The number of nitrogens with one attached hydrogen (secondary N) is 2. The average molecular weight is 350 g/mol. The zero-order valence-corrected chi connectivity index (χ0v) is 14.7. The molecule has 0 bridgehead atoms. The van der Waals surface area contributed by atoms with Crippen LogP contribution in [0.25, 0.3) is 10.9 Å². The van der Waals surface area contributed by atoms with Gasteiger partial charge in [0, 0.05) is 18.7 Å². The number of carbonyl (C=O) groups is 1. The summed E-state index contributed by atoms with van der Waals surface area (Å²) < 4.78 is 0. The number of hydrogen-bond acceptors (Lipinski definition) is 4. The number of H-pyrrole nitrogens is 1. The van der Waals surface area contributed by atoms with Crippen molar-refractivity contribution in [2.45, 2.75) is 19.9 Å². The molecule has 0 aliphatic rings. The summed E-state index contributed by atoms with van der Waals surface area (Å²) in [6.45, 7) is 3.87. The third kappa shape index (κ3) is 4.55. The third-order valence-corrected chi connectivity index (χ3v) is 4.20. The van der Waals surface area contributed by atoms with Crippen molar-refractivity contribution < 1.29 is 4.79 Å². The highest BCUT2D eigenvalue weighted by atomic mass is 16.1. The molecule has 26 heavy (non-hydrogen) atoms. The minimum Gasteiger partial charge on any atom is -0.326 e. The number of anilines is 1. The first-order valence-electron chi connectivity index (χ1n) is 8.71. The number of aromatic nitrogens is 2. The van der Waals surface area contributed by atoms with E-state index in [4.69, 9.17) is 0 Å². The molecule has 2 N–H and O–H groups in total. The lowest BCUT2D eigenvalue weighted by molar-refractivity contribution is -0.116. The molecule has 0 aliphatic carbocycles. The Hall–Kier alpha value is -2.99. The van der Waals surface area contributed by atoms with E-state index in [2.05, 4.69) is 20.2 Å². The predicted octanol–water partition coefficient (Wildman–Crippen LogP) is 2.77. The number of aromatic amines is 1. The SMILES string of the molecule is CCN(CCC(=O)Nc1ccccc1)Cc1nc2ccccc2c(=O)[nH]1. The van der Waals surface area contributed by atoms with Crippen molar-refractivity contribution in [3.05, 3.63) is 70.8 Å². The van der Waals surface area contributed by atoms with Crippen LogP contribution in [-0.4, -0.2) is 33.9 Å². The molecular weight excluding hydrogens is 328 g/mol. The molecule has 0 aliphatic heterocycles. The zero-order valence-electron chi connectivity index (χ0n) is 14.7. The van der Waals surface area contributed by atoms with Crippen molar-refractivity contribution in [1.29, 1.82) is 0 Å². The molecule has 134 valence electrons. The minimum absolute atomic E-state index is 0.0328. The van der Waals surface area contributed by atoms with Crippen LogP contribution in [0.3, 0.4) is 0 Å². The summed E-state index contributed by atoms with van der Waals surface area (Å²) in [6.07, 6.45) is 0.376. The Morgan fingerprint density at radius 2 is 1.85 bits per heavy atom. The van der Waals surface area contributed by atoms with E-state index in [-0.39, 0.29) is 11.5 Å². The number of hydrogen-bond donors (Lipinski definition) is 2. The number of para-hydroxylation sites is 2. The number of amides is 1. The van der Waals surface area contributed by atoms with E-state index in [1.54, 1.807) is 6.07 Å². The van der Waals surface area contributed by atoms with Crippen LogP contribution in [0.1, 0.15) is 19.2 Å². The normalized spacial score (nSPS) is 11.0. The maximum absolute atomic E-state index is 12.2. The lowest BCUT2D eigenvalue weighted by Crippen LogP contribution is -2.29. The highest BCUT2D eigenvalue weighted by Gasteiger charge is 2.10. The molecular formula is C20H22N4O2. The van der Waals surface area contributed by atoms with Gasteiger partial charge in [-0.05, 0) is 30.8 Å². The molecule has 0 saturated carbocycles. The Balaban J connectivity index is 1.61. The molecule has 1 heterocycles. The second kappa shape index (κ2) is 8.40. The second-order valence-electron chi connectivity index (χ2n) is 6.06. The Morgan fingerprint density at radius 3 is 2.62 bits per heavy atom. The zero-order chi connectivity index (χ0) is 18.4. The minimum atomic E-state index is -0.136. The van der Waals surface area contributed by atoms with Gasteiger partial charge in [0.1, 0.15) is 5.82 Å². The van der Waals surface area contributed by atoms with Gasteiger partial charge in [-0.25, -0.2) is 4.98 Å². The van der Waals surface area contributed by atoms with E-state index in [1.165, 1.54) is 0 Å². The van der Waals surface area contributed by atoms with Crippen molar-refractivity contribution in [2.75, 3.05) is 18.4 Å². The van der Waals surface area contributed by atoms with Crippen molar-refractivity contribution in [3.63, 3.8) is 0 Å². The Labute approximate surface area is 151 Å². The van der Waals surface area contributed by atoms with Gasteiger partial charge < -0.3 is 10.3 Å². The van der Waals surface area contributed by atoms with E-state index in [0.717, 1.165) is 12.2 Å². The van der Waals surface area contributed by atoms with E-state index < -0.39 is 0 Å². The van der Waals surface area contributed by atoms with Crippen molar-refractivity contribution >= 4 is 22.5 Å². The summed E-state index contributed by atoms with van der Waals surface area (Å²) in [6, 6.07) is 16.7. The molecule has 0 radical (unpaired) electrons. The summed E-state index contributed by atoms with van der Waals surface area (Å²) in [7, 11) is 0. The van der Waals surface area contributed by atoms with Crippen LogP contribution in [0.4, 0.5) is 5.69 Å². The maximum atomic E-state index is 12.2. The quantitative estimate of drug-likeness (QED) is 0.687. The molecule has 1 amide bonds. The summed E-state index contributed by atoms with van der Waals surface area (Å²) >= 11 is 0. The van der Waals surface area contributed by atoms with Gasteiger partial charge in [0.05, 0.1) is 17.4 Å². The summed E-state index contributed by atoms with van der Waals surface area (Å²) in [4.78, 5) is 33.7. The fourth-order valence-corrected chi connectivity index (χ4v) is 2.78. The highest BCUT2D eigenvalue weighted by molar-refractivity contribution is 5.90. The van der Waals surface area contributed by atoms with E-state index in [1.807, 2.05) is 55.5 Å². The largest absolute Gasteiger partial charge is 0.326 e. The van der Waals surface area contributed by atoms with Crippen LogP contribution in [0.15, 0.2) is 59.4 Å². The molecule has 0 fully saturated rings. The van der Waals surface area contributed by atoms with Crippen LogP contribution in [-0.2, 0) is 11.3 Å². The molecule has 0 unspecified atom stereocenters. The number of nitrogens with zero attached hydrogens (tertiary/aromatic N) is 2. The van der Waals surface area contributed by atoms with Crippen molar-refractivity contribution in [3.8, 4) is 0 Å². The number of carbonyl (C=O) groups excluding carboxylic acids is 1. The fraction of sp³-hybridized carbons (Fsp3) is 0.250.